The lowest BCUT2D eigenvalue weighted by Crippen LogP contribution is -2.30. The maximum absolute atomic E-state index is 13.3. The van der Waals surface area contributed by atoms with Crippen LogP contribution in [0.5, 0.6) is 0 Å². The Morgan fingerprint density at radius 3 is 2.55 bits per heavy atom. The van der Waals surface area contributed by atoms with E-state index < -0.39 is 0 Å². The summed E-state index contributed by atoms with van der Waals surface area (Å²) < 4.78 is 5.89. The fraction of sp³-hybridized carbons (Fsp3) is 0.167. The number of carbonyl (C=O) groups excluding carboxylic acids is 1. The number of aryl methyl sites for hydroxylation is 2. The largest absolute Gasteiger partial charge is 0.439 e. The summed E-state index contributed by atoms with van der Waals surface area (Å²) in [7, 11) is 0. The lowest BCUT2D eigenvalue weighted by molar-refractivity contribution is 0.0715. The van der Waals surface area contributed by atoms with Crippen LogP contribution in [-0.2, 0) is 13.1 Å². The van der Waals surface area contributed by atoms with Crippen LogP contribution in [0, 0.1) is 13.8 Å². The topological polar surface area (TPSA) is 46.3 Å². The number of rotatable bonds is 5. The smallest absolute Gasteiger partial charge is 0.254 e. The summed E-state index contributed by atoms with van der Waals surface area (Å²) in [5, 5.41) is 0.628. The molecule has 0 atom stereocenters. The van der Waals surface area contributed by atoms with Gasteiger partial charge in [-0.05, 0) is 55.3 Å². The Morgan fingerprint density at radius 2 is 1.76 bits per heavy atom. The summed E-state index contributed by atoms with van der Waals surface area (Å²) in [6.07, 6.45) is 0. The van der Waals surface area contributed by atoms with E-state index in [0.717, 1.165) is 22.2 Å². The van der Waals surface area contributed by atoms with E-state index in [4.69, 9.17) is 16.0 Å². The van der Waals surface area contributed by atoms with E-state index >= 15 is 0 Å². The summed E-state index contributed by atoms with van der Waals surface area (Å²) in [5.74, 6) is 0.408. The lowest BCUT2D eigenvalue weighted by atomic mass is 10.1. The van der Waals surface area contributed by atoms with Gasteiger partial charge in [-0.2, -0.15) is 0 Å². The Morgan fingerprint density at radius 1 is 0.966 bits per heavy atom. The molecule has 3 aromatic carbocycles. The number of aromatic nitrogens is 1. The van der Waals surface area contributed by atoms with Crippen molar-refractivity contribution in [3.05, 3.63) is 99.9 Å². The Hall–Kier alpha value is -3.11. The molecule has 0 bridgehead atoms. The fourth-order valence-corrected chi connectivity index (χ4v) is 3.50. The first kappa shape index (κ1) is 19.2. The summed E-state index contributed by atoms with van der Waals surface area (Å²) in [4.78, 5) is 19.6. The van der Waals surface area contributed by atoms with Gasteiger partial charge in [-0.3, -0.25) is 4.79 Å². The fourth-order valence-electron chi connectivity index (χ4n) is 3.31. The zero-order valence-corrected chi connectivity index (χ0v) is 17.1. The zero-order chi connectivity index (χ0) is 20.4. The molecule has 0 radical (unpaired) electrons. The van der Waals surface area contributed by atoms with Gasteiger partial charge in [0.05, 0.1) is 6.54 Å². The van der Waals surface area contributed by atoms with Crippen molar-refractivity contribution < 1.29 is 9.21 Å². The van der Waals surface area contributed by atoms with Crippen LogP contribution in [0.2, 0.25) is 5.02 Å². The molecule has 0 spiro atoms. The maximum atomic E-state index is 13.3. The molecule has 0 aliphatic heterocycles. The lowest BCUT2D eigenvalue weighted by Gasteiger charge is -2.22. The van der Waals surface area contributed by atoms with Crippen molar-refractivity contribution in [3.8, 4) is 0 Å². The highest BCUT2D eigenvalue weighted by Gasteiger charge is 2.20. The van der Waals surface area contributed by atoms with Crippen LogP contribution in [-0.4, -0.2) is 15.8 Å². The second kappa shape index (κ2) is 8.10. The van der Waals surface area contributed by atoms with Gasteiger partial charge in [0.2, 0.25) is 5.89 Å². The van der Waals surface area contributed by atoms with Gasteiger partial charge >= 0.3 is 0 Å². The van der Waals surface area contributed by atoms with Crippen LogP contribution >= 0.6 is 11.6 Å². The number of carbonyl (C=O) groups is 1. The third kappa shape index (κ3) is 4.33. The minimum atomic E-state index is -0.0907. The van der Waals surface area contributed by atoms with E-state index in [2.05, 4.69) is 4.98 Å². The molecule has 29 heavy (non-hydrogen) atoms. The molecule has 1 heterocycles. The van der Waals surface area contributed by atoms with Crippen LogP contribution in [0.3, 0.4) is 0 Å². The molecule has 4 rings (SSSR count). The van der Waals surface area contributed by atoms with E-state index in [0.29, 0.717) is 28.6 Å². The third-order valence-electron chi connectivity index (χ3n) is 4.78. The van der Waals surface area contributed by atoms with E-state index in [-0.39, 0.29) is 12.5 Å². The highest BCUT2D eigenvalue weighted by Crippen LogP contribution is 2.22. The molecule has 0 fully saturated rings. The summed E-state index contributed by atoms with van der Waals surface area (Å²) in [6.45, 7) is 4.60. The molecule has 0 saturated carbocycles. The average molecular weight is 405 g/mol. The molecule has 4 aromatic rings. The van der Waals surface area contributed by atoms with Gasteiger partial charge in [-0.15, -0.1) is 0 Å². The van der Waals surface area contributed by atoms with E-state index in [1.54, 1.807) is 4.90 Å². The second-order valence-corrected chi connectivity index (χ2v) is 7.61. The zero-order valence-electron chi connectivity index (χ0n) is 16.4. The van der Waals surface area contributed by atoms with Crippen LogP contribution in [0.4, 0.5) is 0 Å². The number of hydrogen-bond donors (Lipinski definition) is 0. The van der Waals surface area contributed by atoms with Gasteiger partial charge in [0, 0.05) is 17.1 Å². The Bertz CT molecular complexity index is 1180. The molecule has 0 saturated heterocycles. The van der Waals surface area contributed by atoms with Crippen molar-refractivity contribution in [2.45, 2.75) is 26.9 Å². The number of oxazole rings is 1. The second-order valence-electron chi connectivity index (χ2n) is 7.20. The number of hydrogen-bond acceptors (Lipinski definition) is 3. The van der Waals surface area contributed by atoms with Gasteiger partial charge in [0.15, 0.2) is 5.58 Å². The first-order valence-corrected chi connectivity index (χ1v) is 9.83. The summed E-state index contributed by atoms with van der Waals surface area (Å²) >= 11 is 6.35. The standard InChI is InChI=1S/C24H21ClN2O2/c1-16-6-5-8-18(12-16)24(28)27(14-19-7-3-4-9-20(19)25)15-23-26-21-13-17(2)10-11-22(21)29-23/h3-13H,14-15H2,1-2H3. The molecule has 1 amide bonds. The van der Waals surface area contributed by atoms with E-state index in [1.165, 1.54) is 0 Å². The highest BCUT2D eigenvalue weighted by molar-refractivity contribution is 6.31. The van der Waals surface area contributed by atoms with Gasteiger partial charge in [-0.1, -0.05) is 53.6 Å². The Labute approximate surface area is 174 Å². The number of amides is 1. The SMILES string of the molecule is Cc1cccc(C(=O)N(Cc2nc3cc(C)ccc3o2)Cc2ccccc2Cl)c1. The molecular formula is C24H21ClN2O2. The number of halogens is 1. The molecule has 0 aliphatic rings. The van der Waals surface area contributed by atoms with Gasteiger partial charge in [0.25, 0.3) is 5.91 Å². The van der Waals surface area contributed by atoms with Gasteiger partial charge < -0.3 is 9.32 Å². The first-order chi connectivity index (χ1) is 14.0. The maximum Gasteiger partial charge on any atom is 0.254 e. The van der Waals surface area contributed by atoms with Crippen LogP contribution in [0.1, 0.15) is 32.9 Å². The predicted octanol–water partition coefficient (Wildman–Crippen LogP) is 5.94. The van der Waals surface area contributed by atoms with Gasteiger partial charge in [-0.25, -0.2) is 4.98 Å². The van der Waals surface area contributed by atoms with Crippen molar-refractivity contribution in [3.63, 3.8) is 0 Å². The first-order valence-electron chi connectivity index (χ1n) is 9.45. The highest BCUT2D eigenvalue weighted by atomic mass is 35.5. The average Bonchev–Trinajstić information content (AvgIpc) is 3.10. The molecule has 0 unspecified atom stereocenters. The number of fused-ring (bicyclic) bond motifs is 1. The van der Waals surface area contributed by atoms with E-state index in [1.807, 2.05) is 80.6 Å². The minimum Gasteiger partial charge on any atom is -0.439 e. The van der Waals surface area contributed by atoms with Crippen LogP contribution < -0.4 is 0 Å². The van der Waals surface area contributed by atoms with Crippen molar-refractivity contribution in [2.24, 2.45) is 0 Å². The van der Waals surface area contributed by atoms with E-state index in [9.17, 15) is 4.79 Å². The van der Waals surface area contributed by atoms with Crippen LogP contribution in [0.15, 0.2) is 71.1 Å². The molecule has 146 valence electrons. The monoisotopic (exact) mass is 404 g/mol. The van der Waals surface area contributed by atoms with Crippen molar-refractivity contribution in [1.82, 2.24) is 9.88 Å². The third-order valence-corrected chi connectivity index (χ3v) is 5.15. The summed E-state index contributed by atoms with van der Waals surface area (Å²) in [5.41, 5.74) is 5.16. The molecular weight excluding hydrogens is 384 g/mol. The molecule has 4 nitrogen and oxygen atoms in total. The molecule has 0 N–H and O–H groups in total. The quantitative estimate of drug-likeness (QED) is 0.413. The van der Waals surface area contributed by atoms with Crippen molar-refractivity contribution in [2.75, 3.05) is 0 Å². The normalized spacial score (nSPS) is 11.0. The predicted molar refractivity (Wildman–Crippen MR) is 115 cm³/mol. The van der Waals surface area contributed by atoms with Gasteiger partial charge in [0.1, 0.15) is 5.52 Å². The number of nitrogens with zero attached hydrogens (tertiary/aromatic N) is 2. The molecule has 1 aromatic heterocycles. The Balaban J connectivity index is 1.68. The number of benzene rings is 3. The molecule has 0 aliphatic carbocycles. The molecule has 5 heteroatoms. The Kier molecular flexibility index (Phi) is 5.36. The minimum absolute atomic E-state index is 0.0907. The van der Waals surface area contributed by atoms with Crippen molar-refractivity contribution >= 4 is 28.6 Å². The van der Waals surface area contributed by atoms with Crippen LogP contribution in [0.25, 0.3) is 11.1 Å². The van der Waals surface area contributed by atoms with Crippen molar-refractivity contribution in [1.29, 1.82) is 0 Å². The summed E-state index contributed by atoms with van der Waals surface area (Å²) in [6, 6.07) is 21.0.